The molecule has 2 aliphatic carbocycles. The Morgan fingerprint density at radius 2 is 2.25 bits per heavy atom. The highest BCUT2D eigenvalue weighted by Crippen LogP contribution is 2.58. The van der Waals surface area contributed by atoms with Crippen LogP contribution in [0.5, 0.6) is 0 Å². The summed E-state index contributed by atoms with van der Waals surface area (Å²) in [4.78, 5) is 14.5. The normalized spacial score (nSPS) is 42.7. The van der Waals surface area contributed by atoms with Crippen LogP contribution in [0.1, 0.15) is 50.0 Å². The van der Waals surface area contributed by atoms with Gasteiger partial charge in [0.2, 0.25) is 5.56 Å². The number of piperidine rings is 1. The summed E-state index contributed by atoms with van der Waals surface area (Å²) in [5.41, 5.74) is 1.76. The Balaban J connectivity index is 1.96. The Labute approximate surface area is 118 Å². The van der Waals surface area contributed by atoms with Gasteiger partial charge in [0.25, 0.3) is 0 Å². The summed E-state index contributed by atoms with van der Waals surface area (Å²) in [6, 6.07) is 3.55. The number of fused-ring (bicyclic) bond motifs is 1. The number of hydrogen-bond donors (Lipinski definition) is 3. The first-order chi connectivity index (χ1) is 9.62. The second kappa shape index (κ2) is 4.18. The van der Waals surface area contributed by atoms with E-state index in [0.29, 0.717) is 11.8 Å². The molecular weight excluding hydrogens is 252 g/mol. The zero-order chi connectivity index (χ0) is 13.9. The second-order valence-electron chi connectivity index (χ2n) is 6.95. The molecule has 5 unspecified atom stereocenters. The number of aromatic amines is 1. The number of pyridine rings is 1. The number of nitrogens with one attached hydrogen (secondary N) is 2. The van der Waals surface area contributed by atoms with E-state index in [2.05, 4.69) is 17.2 Å². The van der Waals surface area contributed by atoms with E-state index in [1.54, 1.807) is 6.07 Å². The van der Waals surface area contributed by atoms with Crippen molar-refractivity contribution >= 4 is 0 Å². The van der Waals surface area contributed by atoms with Crippen molar-refractivity contribution in [2.45, 2.75) is 44.2 Å². The predicted octanol–water partition coefficient (Wildman–Crippen LogP) is 1.66. The number of aromatic nitrogens is 1. The monoisotopic (exact) mass is 274 g/mol. The van der Waals surface area contributed by atoms with Gasteiger partial charge in [0.05, 0.1) is 11.8 Å². The lowest BCUT2D eigenvalue weighted by atomic mass is 9.53. The highest BCUT2D eigenvalue weighted by atomic mass is 16.3. The maximum absolute atomic E-state index is 11.6. The lowest BCUT2D eigenvalue weighted by Crippen LogP contribution is -2.61. The molecular formula is C16H22N2O2. The molecule has 108 valence electrons. The molecule has 1 saturated carbocycles. The van der Waals surface area contributed by atoms with Gasteiger partial charge in [-0.05, 0) is 61.6 Å². The zero-order valence-electron chi connectivity index (χ0n) is 11.9. The topological polar surface area (TPSA) is 65.1 Å². The molecule has 0 radical (unpaired) electrons. The molecule has 20 heavy (non-hydrogen) atoms. The minimum atomic E-state index is -0.514. The molecule has 1 aliphatic heterocycles. The fourth-order valence-electron chi connectivity index (χ4n) is 5.16. The minimum Gasteiger partial charge on any atom is -0.387 e. The summed E-state index contributed by atoms with van der Waals surface area (Å²) in [7, 11) is 0. The Morgan fingerprint density at radius 1 is 1.40 bits per heavy atom. The van der Waals surface area contributed by atoms with E-state index in [1.165, 1.54) is 12.8 Å². The first-order valence-corrected chi connectivity index (χ1v) is 7.78. The van der Waals surface area contributed by atoms with Crippen LogP contribution in [-0.4, -0.2) is 16.6 Å². The van der Waals surface area contributed by atoms with Crippen LogP contribution < -0.4 is 10.9 Å². The number of aliphatic hydroxyl groups is 1. The summed E-state index contributed by atoms with van der Waals surface area (Å²) in [6.07, 6.45) is 4.02. The molecule has 4 nitrogen and oxygen atoms in total. The number of hydrogen-bond acceptors (Lipinski definition) is 3. The number of rotatable bonds is 0. The molecule has 5 atom stereocenters. The Hall–Kier alpha value is -1.13. The molecule has 1 aromatic heterocycles. The van der Waals surface area contributed by atoms with Gasteiger partial charge >= 0.3 is 0 Å². The predicted molar refractivity (Wildman–Crippen MR) is 76.3 cm³/mol. The van der Waals surface area contributed by atoms with Gasteiger partial charge in [0, 0.05) is 11.6 Å². The van der Waals surface area contributed by atoms with Crippen molar-refractivity contribution in [3.63, 3.8) is 0 Å². The average molecular weight is 274 g/mol. The van der Waals surface area contributed by atoms with Crippen molar-refractivity contribution in [2.24, 2.45) is 17.8 Å². The zero-order valence-corrected chi connectivity index (χ0v) is 11.9. The first kappa shape index (κ1) is 12.6. The van der Waals surface area contributed by atoms with E-state index in [-0.39, 0.29) is 17.0 Å². The van der Waals surface area contributed by atoms with Gasteiger partial charge in [-0.2, -0.15) is 0 Å². The second-order valence-corrected chi connectivity index (χ2v) is 6.95. The lowest BCUT2D eigenvalue weighted by molar-refractivity contribution is -0.0643. The van der Waals surface area contributed by atoms with E-state index in [0.717, 1.165) is 30.6 Å². The van der Waals surface area contributed by atoms with Crippen molar-refractivity contribution in [1.82, 2.24) is 10.3 Å². The molecule has 0 amide bonds. The van der Waals surface area contributed by atoms with Crippen LogP contribution in [0.2, 0.25) is 0 Å². The summed E-state index contributed by atoms with van der Waals surface area (Å²) in [6.45, 7) is 3.31. The van der Waals surface area contributed by atoms with Gasteiger partial charge in [-0.1, -0.05) is 6.92 Å². The van der Waals surface area contributed by atoms with Crippen molar-refractivity contribution in [2.75, 3.05) is 6.54 Å². The van der Waals surface area contributed by atoms with Crippen molar-refractivity contribution in [3.8, 4) is 0 Å². The number of H-pyrrole nitrogens is 1. The fourth-order valence-corrected chi connectivity index (χ4v) is 5.16. The minimum absolute atomic E-state index is 0.0284. The maximum atomic E-state index is 11.6. The molecule has 3 aliphatic rings. The van der Waals surface area contributed by atoms with Crippen LogP contribution in [0.3, 0.4) is 0 Å². The third-order valence-corrected chi connectivity index (χ3v) is 5.76. The average Bonchev–Trinajstić information content (AvgIpc) is 2.44. The molecule has 0 spiro atoms. The van der Waals surface area contributed by atoms with E-state index in [1.807, 2.05) is 6.07 Å². The van der Waals surface area contributed by atoms with E-state index >= 15 is 0 Å². The van der Waals surface area contributed by atoms with Gasteiger partial charge in [0.15, 0.2) is 0 Å². The Morgan fingerprint density at radius 3 is 3.10 bits per heavy atom. The molecule has 4 heteroatoms. The van der Waals surface area contributed by atoms with Crippen molar-refractivity contribution < 1.29 is 5.11 Å². The van der Waals surface area contributed by atoms with Gasteiger partial charge < -0.3 is 15.4 Å². The fraction of sp³-hybridized carbons (Fsp3) is 0.688. The molecule has 1 saturated heterocycles. The first-order valence-electron chi connectivity index (χ1n) is 7.78. The van der Waals surface area contributed by atoms with Gasteiger partial charge in [-0.3, -0.25) is 4.79 Å². The quantitative estimate of drug-likeness (QED) is 0.674. The van der Waals surface area contributed by atoms with Crippen molar-refractivity contribution in [3.05, 3.63) is 33.7 Å². The van der Waals surface area contributed by atoms with Crippen LogP contribution in [0, 0.1) is 17.8 Å². The van der Waals surface area contributed by atoms with Gasteiger partial charge in [-0.15, -0.1) is 0 Å². The van der Waals surface area contributed by atoms with E-state index in [9.17, 15) is 9.90 Å². The SMILES string of the molecule is CC1CC2C(O)c3[nH]c(=O)ccc3C3(C1)NCCCC23. The Bertz CT molecular complexity index is 596. The standard InChI is InChI=1S/C16H22N2O2/c1-9-7-10-11-3-2-6-17-16(11,8-9)12-4-5-13(19)18-14(12)15(10)20/h4-5,9-11,15,17,20H,2-3,6-8H2,1H3,(H,18,19). The van der Waals surface area contributed by atoms with Crippen LogP contribution >= 0.6 is 0 Å². The summed E-state index contributed by atoms with van der Waals surface area (Å²) in [5.74, 6) is 1.38. The summed E-state index contributed by atoms with van der Waals surface area (Å²) < 4.78 is 0. The van der Waals surface area contributed by atoms with E-state index < -0.39 is 6.10 Å². The summed E-state index contributed by atoms with van der Waals surface area (Å²) >= 11 is 0. The highest BCUT2D eigenvalue weighted by molar-refractivity contribution is 5.37. The molecule has 2 bridgehead atoms. The molecule has 4 rings (SSSR count). The molecule has 2 fully saturated rings. The highest BCUT2D eigenvalue weighted by Gasteiger charge is 2.56. The molecule has 3 N–H and O–H groups in total. The molecule has 2 heterocycles. The third kappa shape index (κ3) is 1.52. The molecule has 1 aromatic rings. The van der Waals surface area contributed by atoms with Crippen LogP contribution in [0.4, 0.5) is 0 Å². The Kier molecular flexibility index (Phi) is 2.63. The maximum Gasteiger partial charge on any atom is 0.248 e. The molecule has 0 aromatic carbocycles. The van der Waals surface area contributed by atoms with Crippen LogP contribution in [-0.2, 0) is 5.54 Å². The van der Waals surface area contributed by atoms with Crippen LogP contribution in [0.15, 0.2) is 16.9 Å². The van der Waals surface area contributed by atoms with Crippen molar-refractivity contribution in [1.29, 1.82) is 0 Å². The van der Waals surface area contributed by atoms with Gasteiger partial charge in [0.1, 0.15) is 0 Å². The van der Waals surface area contributed by atoms with Gasteiger partial charge in [-0.25, -0.2) is 0 Å². The van der Waals surface area contributed by atoms with E-state index in [4.69, 9.17) is 0 Å². The smallest absolute Gasteiger partial charge is 0.248 e. The lowest BCUT2D eigenvalue weighted by Gasteiger charge is -2.58. The summed E-state index contributed by atoms with van der Waals surface area (Å²) in [5, 5.41) is 14.5. The largest absolute Gasteiger partial charge is 0.387 e. The number of aliphatic hydroxyl groups excluding tert-OH is 1. The van der Waals surface area contributed by atoms with Crippen LogP contribution in [0.25, 0.3) is 0 Å². The third-order valence-electron chi connectivity index (χ3n) is 5.76.